The zero-order valence-corrected chi connectivity index (χ0v) is 10.9. The molecule has 0 saturated heterocycles. The third-order valence-electron chi connectivity index (χ3n) is 3.03. The average Bonchev–Trinajstić information content (AvgIpc) is 2.33. The molecule has 1 unspecified atom stereocenters. The second-order valence-corrected chi connectivity index (χ2v) is 4.52. The molecule has 1 rings (SSSR count). The Hall–Kier alpha value is -1.26. The highest BCUT2D eigenvalue weighted by molar-refractivity contribution is 5.44. The second kappa shape index (κ2) is 7.95. The van der Waals surface area contributed by atoms with Gasteiger partial charge in [-0.3, -0.25) is 0 Å². The van der Waals surface area contributed by atoms with Crippen LogP contribution in [0.5, 0.6) is 11.5 Å². The number of hydrogen-bond acceptors (Lipinski definition) is 4. The van der Waals surface area contributed by atoms with Gasteiger partial charge in [-0.25, -0.2) is 0 Å². The molecule has 0 aliphatic heterocycles. The van der Waals surface area contributed by atoms with Crippen LogP contribution in [0.1, 0.15) is 44.2 Å². The van der Waals surface area contributed by atoms with E-state index in [2.05, 4.69) is 5.32 Å². The van der Waals surface area contributed by atoms with Gasteiger partial charge in [0.2, 0.25) is 0 Å². The van der Waals surface area contributed by atoms with Crippen LogP contribution in [-0.2, 0) is 0 Å². The largest absolute Gasteiger partial charge is 0.507 e. The average molecular weight is 253 g/mol. The summed E-state index contributed by atoms with van der Waals surface area (Å²) in [7, 11) is 0. The van der Waals surface area contributed by atoms with Crippen LogP contribution in [-0.4, -0.2) is 28.5 Å². The molecule has 0 aromatic heterocycles. The van der Waals surface area contributed by atoms with E-state index in [1.54, 1.807) is 18.2 Å². The monoisotopic (exact) mass is 253 g/mol. The minimum atomic E-state index is -0.0796. The zero-order chi connectivity index (χ0) is 13.4. The number of hydrogen-bond donors (Lipinski definition) is 4. The van der Waals surface area contributed by atoms with Crippen molar-refractivity contribution in [3.8, 4) is 11.5 Å². The number of aliphatic hydroxyl groups is 1. The first kappa shape index (κ1) is 14.8. The number of phenolic OH excluding ortho intramolecular Hbond substituents is 2. The number of aliphatic hydroxyl groups excluding tert-OH is 1. The van der Waals surface area contributed by atoms with Gasteiger partial charge in [-0.2, -0.15) is 0 Å². The Bertz CT molecular complexity index is 335. The molecule has 18 heavy (non-hydrogen) atoms. The topological polar surface area (TPSA) is 72.7 Å². The predicted molar refractivity (Wildman–Crippen MR) is 71.7 cm³/mol. The third kappa shape index (κ3) is 4.55. The summed E-state index contributed by atoms with van der Waals surface area (Å²) in [6.07, 6.45) is 4.00. The van der Waals surface area contributed by atoms with Crippen molar-refractivity contribution in [2.45, 2.75) is 38.6 Å². The molecule has 1 aromatic rings. The fraction of sp³-hybridized carbons (Fsp3) is 0.571. The lowest BCUT2D eigenvalue weighted by Crippen LogP contribution is -2.20. The highest BCUT2D eigenvalue weighted by Crippen LogP contribution is 2.31. The number of aromatic hydroxyl groups is 2. The van der Waals surface area contributed by atoms with Gasteiger partial charge < -0.3 is 20.6 Å². The minimum Gasteiger partial charge on any atom is -0.507 e. The number of phenols is 2. The molecule has 1 atom stereocenters. The number of benzene rings is 1. The summed E-state index contributed by atoms with van der Waals surface area (Å²) in [5.74, 6) is 0.241. The molecule has 0 aliphatic carbocycles. The van der Waals surface area contributed by atoms with E-state index in [0.717, 1.165) is 32.2 Å². The van der Waals surface area contributed by atoms with E-state index < -0.39 is 0 Å². The van der Waals surface area contributed by atoms with E-state index in [-0.39, 0.29) is 24.1 Å². The summed E-state index contributed by atoms with van der Waals surface area (Å²) in [4.78, 5) is 0. The Morgan fingerprint density at radius 2 is 1.67 bits per heavy atom. The molecule has 0 fully saturated rings. The molecule has 0 heterocycles. The summed E-state index contributed by atoms with van der Waals surface area (Å²) in [5, 5.41) is 31.3. The SMILES string of the molecule is CC(NCCCCCCO)c1c(O)cccc1O. The van der Waals surface area contributed by atoms with Crippen LogP contribution < -0.4 is 5.32 Å². The summed E-state index contributed by atoms with van der Waals surface area (Å²) in [6, 6.07) is 4.70. The van der Waals surface area contributed by atoms with Gasteiger partial charge in [0.1, 0.15) is 11.5 Å². The van der Waals surface area contributed by atoms with Crippen LogP contribution in [0.25, 0.3) is 0 Å². The van der Waals surface area contributed by atoms with Crippen molar-refractivity contribution >= 4 is 0 Å². The van der Waals surface area contributed by atoms with Gasteiger partial charge in [0, 0.05) is 12.6 Å². The summed E-state index contributed by atoms with van der Waals surface area (Å²) in [6.45, 7) is 3.01. The maximum absolute atomic E-state index is 9.71. The summed E-state index contributed by atoms with van der Waals surface area (Å²) < 4.78 is 0. The van der Waals surface area contributed by atoms with Crippen molar-refractivity contribution in [2.24, 2.45) is 0 Å². The zero-order valence-electron chi connectivity index (χ0n) is 10.9. The fourth-order valence-corrected chi connectivity index (χ4v) is 2.00. The van der Waals surface area contributed by atoms with Crippen molar-refractivity contribution in [2.75, 3.05) is 13.2 Å². The van der Waals surface area contributed by atoms with Gasteiger partial charge >= 0.3 is 0 Å². The Labute approximate surface area is 108 Å². The van der Waals surface area contributed by atoms with E-state index in [0.29, 0.717) is 5.56 Å². The maximum atomic E-state index is 9.71. The summed E-state index contributed by atoms with van der Waals surface area (Å²) >= 11 is 0. The van der Waals surface area contributed by atoms with Crippen LogP contribution in [0.3, 0.4) is 0 Å². The van der Waals surface area contributed by atoms with Gasteiger partial charge in [-0.15, -0.1) is 0 Å². The molecule has 0 amide bonds. The lowest BCUT2D eigenvalue weighted by atomic mass is 10.1. The van der Waals surface area contributed by atoms with Crippen LogP contribution in [0.2, 0.25) is 0 Å². The molecular formula is C14H23NO3. The molecule has 0 bridgehead atoms. The first-order valence-corrected chi connectivity index (χ1v) is 6.52. The lowest BCUT2D eigenvalue weighted by molar-refractivity contribution is 0.282. The predicted octanol–water partition coefficient (Wildman–Crippen LogP) is 2.30. The normalized spacial score (nSPS) is 12.6. The molecule has 4 nitrogen and oxygen atoms in total. The van der Waals surface area contributed by atoms with Crippen molar-refractivity contribution in [1.29, 1.82) is 0 Å². The molecule has 1 aromatic carbocycles. The van der Waals surface area contributed by atoms with Crippen molar-refractivity contribution in [1.82, 2.24) is 5.32 Å². The van der Waals surface area contributed by atoms with Gasteiger partial charge in [-0.1, -0.05) is 18.9 Å². The van der Waals surface area contributed by atoms with Crippen LogP contribution in [0.4, 0.5) is 0 Å². The molecule has 0 radical (unpaired) electrons. The second-order valence-electron chi connectivity index (χ2n) is 4.52. The van der Waals surface area contributed by atoms with Crippen LogP contribution in [0.15, 0.2) is 18.2 Å². The lowest BCUT2D eigenvalue weighted by Gasteiger charge is -2.16. The highest BCUT2D eigenvalue weighted by Gasteiger charge is 2.13. The highest BCUT2D eigenvalue weighted by atomic mass is 16.3. The Balaban J connectivity index is 2.34. The van der Waals surface area contributed by atoms with Crippen molar-refractivity contribution in [3.05, 3.63) is 23.8 Å². The third-order valence-corrected chi connectivity index (χ3v) is 3.03. The van der Waals surface area contributed by atoms with Gasteiger partial charge in [0.15, 0.2) is 0 Å². The summed E-state index contributed by atoms with van der Waals surface area (Å²) in [5.41, 5.74) is 0.549. The first-order valence-electron chi connectivity index (χ1n) is 6.52. The minimum absolute atomic E-state index is 0.0796. The molecule has 4 N–H and O–H groups in total. The molecule has 0 aliphatic rings. The van der Waals surface area contributed by atoms with E-state index in [9.17, 15) is 10.2 Å². The van der Waals surface area contributed by atoms with E-state index >= 15 is 0 Å². The van der Waals surface area contributed by atoms with E-state index in [1.165, 1.54) is 0 Å². The van der Waals surface area contributed by atoms with Crippen LogP contribution in [0, 0.1) is 0 Å². The Kier molecular flexibility index (Phi) is 6.54. The smallest absolute Gasteiger partial charge is 0.124 e. The van der Waals surface area contributed by atoms with Gasteiger partial charge in [0.25, 0.3) is 0 Å². The van der Waals surface area contributed by atoms with Crippen molar-refractivity contribution in [3.63, 3.8) is 0 Å². The van der Waals surface area contributed by atoms with E-state index in [4.69, 9.17) is 5.11 Å². The Morgan fingerprint density at radius 3 is 2.28 bits per heavy atom. The molecule has 0 spiro atoms. The van der Waals surface area contributed by atoms with Crippen LogP contribution >= 0.6 is 0 Å². The fourth-order valence-electron chi connectivity index (χ4n) is 2.00. The van der Waals surface area contributed by atoms with Gasteiger partial charge in [-0.05, 0) is 38.4 Å². The molecule has 4 heteroatoms. The Morgan fingerprint density at radius 1 is 1.06 bits per heavy atom. The van der Waals surface area contributed by atoms with Crippen molar-refractivity contribution < 1.29 is 15.3 Å². The molecule has 0 saturated carbocycles. The quantitative estimate of drug-likeness (QED) is 0.536. The molecular weight excluding hydrogens is 230 g/mol. The number of rotatable bonds is 8. The van der Waals surface area contributed by atoms with Gasteiger partial charge in [0.05, 0.1) is 5.56 Å². The molecule has 102 valence electrons. The van der Waals surface area contributed by atoms with E-state index in [1.807, 2.05) is 6.92 Å². The number of nitrogens with one attached hydrogen (secondary N) is 1. The standard InChI is InChI=1S/C14H23NO3/c1-11(15-9-4-2-3-5-10-16)14-12(17)7-6-8-13(14)18/h6-8,11,15-18H,2-5,9-10H2,1H3. The maximum Gasteiger partial charge on any atom is 0.124 e. The first-order chi connectivity index (χ1) is 8.66. The number of unbranched alkanes of at least 4 members (excludes halogenated alkanes) is 3.